The molecule has 1 aliphatic heterocycles. The molecule has 1 aliphatic rings. The van der Waals surface area contributed by atoms with Crippen LogP contribution in [-0.2, 0) is 11.2 Å². The van der Waals surface area contributed by atoms with E-state index >= 15 is 0 Å². The second kappa shape index (κ2) is 7.15. The number of H-pyrrole nitrogens is 1. The van der Waals surface area contributed by atoms with E-state index in [0.29, 0.717) is 24.6 Å². The summed E-state index contributed by atoms with van der Waals surface area (Å²) in [4.78, 5) is 14.7. The molecule has 2 aromatic rings. The molecule has 0 bridgehead atoms. The minimum Gasteiger partial charge on any atom is -0.425 e. The predicted molar refractivity (Wildman–Crippen MR) is 88.3 cm³/mol. The van der Waals surface area contributed by atoms with Crippen molar-refractivity contribution in [3.8, 4) is 0 Å². The van der Waals surface area contributed by atoms with E-state index in [1.807, 2.05) is 31.9 Å². The molecule has 7 heteroatoms. The molecular formula is C17H25N5O2. The largest absolute Gasteiger partial charge is 0.425 e. The molecule has 0 spiro atoms. The van der Waals surface area contributed by atoms with Crippen molar-refractivity contribution in [3.05, 3.63) is 29.2 Å². The smallest absolute Gasteiger partial charge is 0.223 e. The lowest BCUT2D eigenvalue weighted by atomic mass is 9.97. The number of aromatic amines is 1. The van der Waals surface area contributed by atoms with E-state index in [-0.39, 0.29) is 17.9 Å². The van der Waals surface area contributed by atoms with Crippen molar-refractivity contribution in [2.24, 2.45) is 0 Å². The van der Waals surface area contributed by atoms with E-state index < -0.39 is 0 Å². The van der Waals surface area contributed by atoms with Crippen LogP contribution in [0.15, 0.2) is 10.6 Å². The van der Waals surface area contributed by atoms with Gasteiger partial charge in [0.2, 0.25) is 17.7 Å². The van der Waals surface area contributed by atoms with Crippen LogP contribution in [0.3, 0.4) is 0 Å². The maximum atomic E-state index is 12.7. The minimum absolute atomic E-state index is 0.0997. The third-order valence-electron chi connectivity index (χ3n) is 4.55. The highest BCUT2D eigenvalue weighted by Crippen LogP contribution is 2.32. The molecule has 130 valence electrons. The van der Waals surface area contributed by atoms with Crippen LogP contribution in [-0.4, -0.2) is 37.7 Å². The Labute approximate surface area is 141 Å². The molecule has 2 aromatic heterocycles. The van der Waals surface area contributed by atoms with Crippen molar-refractivity contribution in [2.45, 2.75) is 64.8 Å². The summed E-state index contributed by atoms with van der Waals surface area (Å²) >= 11 is 0. The van der Waals surface area contributed by atoms with E-state index in [0.717, 1.165) is 37.1 Å². The van der Waals surface area contributed by atoms with Gasteiger partial charge in [0, 0.05) is 25.3 Å². The summed E-state index contributed by atoms with van der Waals surface area (Å²) in [5.41, 5.74) is 2.17. The molecule has 0 radical (unpaired) electrons. The Kier molecular flexibility index (Phi) is 4.97. The molecule has 24 heavy (non-hydrogen) atoms. The first kappa shape index (κ1) is 16.7. The third-order valence-corrected chi connectivity index (χ3v) is 4.55. The van der Waals surface area contributed by atoms with Gasteiger partial charge in [-0.1, -0.05) is 13.8 Å². The van der Waals surface area contributed by atoms with E-state index in [1.54, 1.807) is 0 Å². The van der Waals surface area contributed by atoms with E-state index in [4.69, 9.17) is 4.42 Å². The number of likely N-dealkylation sites (tertiary alicyclic amines) is 1. The zero-order valence-electron chi connectivity index (χ0n) is 14.6. The number of piperidine rings is 1. The number of aromatic nitrogens is 4. The van der Waals surface area contributed by atoms with Crippen LogP contribution in [0, 0.1) is 6.92 Å². The quantitative estimate of drug-likeness (QED) is 0.910. The van der Waals surface area contributed by atoms with Crippen LogP contribution in [0.1, 0.15) is 74.5 Å². The first-order valence-corrected chi connectivity index (χ1v) is 8.68. The molecule has 1 amide bonds. The second-order valence-electron chi connectivity index (χ2n) is 6.75. The Hall–Kier alpha value is -2.18. The third kappa shape index (κ3) is 3.49. The summed E-state index contributed by atoms with van der Waals surface area (Å²) < 4.78 is 5.59. The molecule has 1 unspecified atom stereocenters. The van der Waals surface area contributed by atoms with E-state index in [9.17, 15) is 4.79 Å². The number of nitrogens with zero attached hydrogens (tertiary/aromatic N) is 4. The Morgan fingerprint density at radius 1 is 1.42 bits per heavy atom. The number of hydrogen-bond acceptors (Lipinski definition) is 5. The first-order chi connectivity index (χ1) is 11.6. The summed E-state index contributed by atoms with van der Waals surface area (Å²) in [6.07, 6.45) is 5.86. The van der Waals surface area contributed by atoms with Crippen molar-refractivity contribution >= 4 is 5.91 Å². The fourth-order valence-corrected chi connectivity index (χ4v) is 3.18. The summed E-state index contributed by atoms with van der Waals surface area (Å²) in [5, 5.41) is 15.2. The average molecular weight is 331 g/mol. The van der Waals surface area contributed by atoms with Gasteiger partial charge in [-0.15, -0.1) is 10.2 Å². The molecule has 7 nitrogen and oxygen atoms in total. The van der Waals surface area contributed by atoms with Crippen LogP contribution in [0.2, 0.25) is 0 Å². The number of aryl methyl sites for hydroxylation is 2. The Morgan fingerprint density at radius 2 is 2.25 bits per heavy atom. The summed E-state index contributed by atoms with van der Waals surface area (Å²) in [7, 11) is 0. The van der Waals surface area contributed by atoms with Crippen LogP contribution in [0.4, 0.5) is 0 Å². The fourth-order valence-electron chi connectivity index (χ4n) is 3.18. The maximum absolute atomic E-state index is 12.7. The number of hydrogen-bond donors (Lipinski definition) is 1. The topological polar surface area (TPSA) is 87.9 Å². The highest BCUT2D eigenvalue weighted by atomic mass is 16.4. The number of carbonyl (C=O) groups excluding carboxylic acids is 1. The van der Waals surface area contributed by atoms with Gasteiger partial charge in [0.1, 0.15) is 0 Å². The monoisotopic (exact) mass is 331 g/mol. The second-order valence-corrected chi connectivity index (χ2v) is 6.75. The van der Waals surface area contributed by atoms with Crippen molar-refractivity contribution in [1.82, 2.24) is 25.3 Å². The lowest BCUT2D eigenvalue weighted by molar-refractivity contribution is -0.135. The minimum atomic E-state index is 0.0997. The predicted octanol–water partition coefficient (Wildman–Crippen LogP) is 2.91. The molecule has 0 saturated carbocycles. The fraction of sp³-hybridized carbons (Fsp3) is 0.647. The highest BCUT2D eigenvalue weighted by molar-refractivity contribution is 5.77. The van der Waals surface area contributed by atoms with Crippen LogP contribution in [0.25, 0.3) is 0 Å². The van der Waals surface area contributed by atoms with Gasteiger partial charge in [-0.2, -0.15) is 5.10 Å². The van der Waals surface area contributed by atoms with Crippen LogP contribution in [0.5, 0.6) is 0 Å². The van der Waals surface area contributed by atoms with Gasteiger partial charge >= 0.3 is 0 Å². The maximum Gasteiger partial charge on any atom is 0.223 e. The summed E-state index contributed by atoms with van der Waals surface area (Å²) in [5.74, 6) is 1.51. The normalized spacial score (nSPS) is 18.3. The summed E-state index contributed by atoms with van der Waals surface area (Å²) in [6.45, 7) is 6.84. The lowest BCUT2D eigenvalue weighted by Crippen LogP contribution is -2.39. The Balaban J connectivity index is 1.64. The molecule has 1 N–H and O–H groups in total. The molecule has 1 fully saturated rings. The van der Waals surface area contributed by atoms with Gasteiger partial charge in [-0.25, -0.2) is 0 Å². The van der Waals surface area contributed by atoms with Crippen molar-refractivity contribution in [1.29, 1.82) is 0 Å². The van der Waals surface area contributed by atoms with Gasteiger partial charge in [-0.05, 0) is 31.7 Å². The van der Waals surface area contributed by atoms with Gasteiger partial charge < -0.3 is 9.32 Å². The molecule has 0 aromatic carbocycles. The zero-order valence-corrected chi connectivity index (χ0v) is 14.6. The van der Waals surface area contributed by atoms with E-state index in [2.05, 4.69) is 20.4 Å². The molecular weight excluding hydrogens is 306 g/mol. The average Bonchev–Trinajstić information content (AvgIpc) is 3.21. The number of carbonyl (C=O) groups is 1. The molecule has 3 heterocycles. The highest BCUT2D eigenvalue weighted by Gasteiger charge is 2.30. The number of amides is 1. The Morgan fingerprint density at radius 3 is 2.92 bits per heavy atom. The molecule has 1 saturated heterocycles. The molecule has 3 rings (SSSR count). The van der Waals surface area contributed by atoms with Crippen LogP contribution >= 0.6 is 0 Å². The molecule has 0 aliphatic carbocycles. The van der Waals surface area contributed by atoms with Gasteiger partial charge in [-0.3, -0.25) is 9.89 Å². The summed E-state index contributed by atoms with van der Waals surface area (Å²) in [6, 6.07) is 0.0997. The Bertz CT molecular complexity index is 691. The first-order valence-electron chi connectivity index (χ1n) is 8.68. The standard InChI is InChI=1S/C17H25N5O2/c1-11(2)17-21-19-14(24-17)7-8-15(23)22-9-5-4-6-13(22)16-12(3)10-18-20-16/h10-11,13H,4-9H2,1-3H3,(H,18,20). The van der Waals surface area contributed by atoms with Crippen molar-refractivity contribution in [3.63, 3.8) is 0 Å². The van der Waals surface area contributed by atoms with Crippen LogP contribution < -0.4 is 0 Å². The van der Waals surface area contributed by atoms with Gasteiger partial charge in [0.25, 0.3) is 0 Å². The zero-order chi connectivity index (χ0) is 17.1. The van der Waals surface area contributed by atoms with Gasteiger partial charge in [0.05, 0.1) is 17.9 Å². The lowest BCUT2D eigenvalue weighted by Gasteiger charge is -2.35. The molecule has 1 atom stereocenters. The SMILES string of the molecule is Cc1cn[nH]c1C1CCCCN1C(=O)CCc1nnc(C(C)C)o1. The van der Waals surface area contributed by atoms with Crippen molar-refractivity contribution < 1.29 is 9.21 Å². The van der Waals surface area contributed by atoms with E-state index in [1.165, 1.54) is 0 Å². The van der Waals surface area contributed by atoms with Crippen molar-refractivity contribution in [2.75, 3.05) is 6.54 Å². The number of rotatable bonds is 5. The van der Waals surface area contributed by atoms with Gasteiger partial charge in [0.15, 0.2) is 0 Å². The number of nitrogens with one attached hydrogen (secondary N) is 1.